The standard InChI is InChI=1S/C10H16BrN3O2/c1-8-13-4-6-14(8)5-3-12-7-9(11)10(15)16-2/h4,6,9,12H,3,5,7H2,1-2H3. The SMILES string of the molecule is COC(=O)C(Br)CNCCn1ccnc1C. The number of nitrogens with zero attached hydrogens (tertiary/aromatic N) is 2. The minimum Gasteiger partial charge on any atom is -0.468 e. The number of imidazole rings is 1. The molecule has 1 N–H and O–H groups in total. The summed E-state index contributed by atoms with van der Waals surface area (Å²) >= 11 is 3.24. The number of nitrogens with one attached hydrogen (secondary N) is 1. The lowest BCUT2D eigenvalue weighted by atomic mass is 10.4. The van der Waals surface area contributed by atoms with Gasteiger partial charge >= 0.3 is 5.97 Å². The van der Waals surface area contributed by atoms with E-state index < -0.39 is 0 Å². The minimum atomic E-state index is -0.290. The number of halogens is 1. The van der Waals surface area contributed by atoms with Crippen molar-refractivity contribution in [3.63, 3.8) is 0 Å². The van der Waals surface area contributed by atoms with Gasteiger partial charge in [-0.15, -0.1) is 0 Å². The minimum absolute atomic E-state index is 0.258. The molecule has 0 aromatic carbocycles. The third kappa shape index (κ3) is 3.94. The Morgan fingerprint density at radius 3 is 3.06 bits per heavy atom. The molecule has 0 spiro atoms. The number of ether oxygens (including phenoxy) is 1. The molecule has 1 aromatic rings. The van der Waals surface area contributed by atoms with Crippen molar-refractivity contribution in [3.05, 3.63) is 18.2 Å². The van der Waals surface area contributed by atoms with E-state index in [1.807, 2.05) is 17.7 Å². The van der Waals surface area contributed by atoms with Crippen LogP contribution in [0.3, 0.4) is 0 Å². The average molecular weight is 290 g/mol. The Kier molecular flexibility index (Phi) is 5.48. The quantitative estimate of drug-likeness (QED) is 0.476. The van der Waals surface area contributed by atoms with Crippen LogP contribution in [0.1, 0.15) is 5.82 Å². The molecule has 0 saturated heterocycles. The number of rotatable bonds is 6. The summed E-state index contributed by atoms with van der Waals surface area (Å²) in [6.07, 6.45) is 3.71. The maximum absolute atomic E-state index is 11.1. The van der Waals surface area contributed by atoms with E-state index in [2.05, 4.69) is 31.0 Å². The maximum atomic E-state index is 11.1. The molecule has 0 amide bonds. The zero-order valence-corrected chi connectivity index (χ0v) is 11.0. The number of esters is 1. The molecule has 1 aromatic heterocycles. The van der Waals surface area contributed by atoms with Gasteiger partial charge in [0.15, 0.2) is 0 Å². The van der Waals surface area contributed by atoms with Crippen molar-refractivity contribution >= 4 is 21.9 Å². The van der Waals surface area contributed by atoms with Crippen LogP contribution in [0.2, 0.25) is 0 Å². The number of hydrogen-bond donors (Lipinski definition) is 1. The fourth-order valence-corrected chi connectivity index (χ4v) is 1.70. The number of carbonyl (C=O) groups is 1. The third-order valence-corrected chi connectivity index (χ3v) is 2.93. The Balaban J connectivity index is 2.17. The van der Waals surface area contributed by atoms with E-state index in [1.165, 1.54) is 7.11 Å². The summed E-state index contributed by atoms with van der Waals surface area (Å²) in [5.74, 6) is 0.733. The molecule has 16 heavy (non-hydrogen) atoms. The molecule has 5 nitrogen and oxygen atoms in total. The first-order valence-corrected chi connectivity index (χ1v) is 5.97. The van der Waals surface area contributed by atoms with Crippen molar-refractivity contribution in [2.75, 3.05) is 20.2 Å². The number of methoxy groups -OCH3 is 1. The van der Waals surface area contributed by atoms with Gasteiger partial charge in [-0.2, -0.15) is 0 Å². The molecule has 6 heteroatoms. The number of hydrogen-bond acceptors (Lipinski definition) is 4. The normalized spacial score (nSPS) is 12.4. The van der Waals surface area contributed by atoms with Crippen LogP contribution in [-0.4, -0.2) is 40.5 Å². The highest BCUT2D eigenvalue weighted by Gasteiger charge is 2.13. The van der Waals surface area contributed by atoms with Gasteiger partial charge in [0.2, 0.25) is 0 Å². The van der Waals surface area contributed by atoms with E-state index in [9.17, 15) is 4.79 Å². The molecule has 90 valence electrons. The summed E-state index contributed by atoms with van der Waals surface area (Å²) in [7, 11) is 1.38. The van der Waals surface area contributed by atoms with Gasteiger partial charge in [0.25, 0.3) is 0 Å². The smallest absolute Gasteiger partial charge is 0.320 e. The largest absolute Gasteiger partial charge is 0.468 e. The summed E-state index contributed by atoms with van der Waals surface area (Å²) in [4.78, 5) is 14.9. The van der Waals surface area contributed by atoms with E-state index in [-0.39, 0.29) is 10.8 Å². The Morgan fingerprint density at radius 1 is 1.75 bits per heavy atom. The van der Waals surface area contributed by atoms with Crippen molar-refractivity contribution in [2.24, 2.45) is 0 Å². The zero-order valence-electron chi connectivity index (χ0n) is 9.44. The Labute approximate surface area is 103 Å². The van der Waals surface area contributed by atoms with Gasteiger partial charge in [0, 0.05) is 32.0 Å². The van der Waals surface area contributed by atoms with Gasteiger partial charge in [-0.3, -0.25) is 4.79 Å². The highest BCUT2D eigenvalue weighted by atomic mass is 79.9. The Hall–Kier alpha value is -0.880. The first-order valence-electron chi connectivity index (χ1n) is 5.05. The molecule has 0 radical (unpaired) electrons. The van der Waals surface area contributed by atoms with Crippen molar-refractivity contribution in [2.45, 2.75) is 18.3 Å². The summed E-state index contributed by atoms with van der Waals surface area (Å²) in [6.45, 7) is 4.14. The summed E-state index contributed by atoms with van der Waals surface area (Å²) in [5, 5.41) is 3.17. The van der Waals surface area contributed by atoms with Crippen LogP contribution in [0.25, 0.3) is 0 Å². The van der Waals surface area contributed by atoms with E-state index in [4.69, 9.17) is 0 Å². The van der Waals surface area contributed by atoms with Crippen LogP contribution >= 0.6 is 15.9 Å². The van der Waals surface area contributed by atoms with Gasteiger partial charge in [-0.25, -0.2) is 4.98 Å². The summed E-state index contributed by atoms with van der Waals surface area (Å²) in [6, 6.07) is 0. The highest BCUT2D eigenvalue weighted by Crippen LogP contribution is 1.99. The maximum Gasteiger partial charge on any atom is 0.320 e. The van der Waals surface area contributed by atoms with Crippen molar-refractivity contribution in [3.8, 4) is 0 Å². The van der Waals surface area contributed by atoms with E-state index in [0.717, 1.165) is 18.9 Å². The fourth-order valence-electron chi connectivity index (χ4n) is 1.28. The molecule has 1 heterocycles. The highest BCUT2D eigenvalue weighted by molar-refractivity contribution is 9.10. The number of alkyl halides is 1. The molecule has 0 fully saturated rings. The first-order chi connectivity index (χ1) is 7.65. The molecule has 1 rings (SSSR count). The third-order valence-electron chi connectivity index (χ3n) is 2.23. The molecule has 0 aliphatic carbocycles. The van der Waals surface area contributed by atoms with Crippen LogP contribution in [-0.2, 0) is 16.1 Å². The number of aromatic nitrogens is 2. The molecule has 1 unspecified atom stereocenters. The summed E-state index contributed by atoms with van der Waals surface area (Å²) < 4.78 is 6.64. The predicted molar refractivity (Wildman–Crippen MR) is 64.6 cm³/mol. The lowest BCUT2D eigenvalue weighted by molar-refractivity contribution is -0.139. The van der Waals surface area contributed by atoms with Gasteiger partial charge in [-0.1, -0.05) is 15.9 Å². The summed E-state index contributed by atoms with van der Waals surface area (Å²) in [5.41, 5.74) is 0. The Morgan fingerprint density at radius 2 is 2.50 bits per heavy atom. The average Bonchev–Trinajstić information content (AvgIpc) is 2.69. The second kappa shape index (κ2) is 6.65. The fraction of sp³-hybridized carbons (Fsp3) is 0.600. The topological polar surface area (TPSA) is 56.1 Å². The Bertz CT molecular complexity index is 341. The molecule has 0 aliphatic heterocycles. The molecule has 1 atom stereocenters. The van der Waals surface area contributed by atoms with Gasteiger partial charge < -0.3 is 14.6 Å². The van der Waals surface area contributed by atoms with Crippen LogP contribution in [0.4, 0.5) is 0 Å². The van der Waals surface area contributed by atoms with E-state index >= 15 is 0 Å². The molecular weight excluding hydrogens is 274 g/mol. The van der Waals surface area contributed by atoms with Crippen LogP contribution in [0.5, 0.6) is 0 Å². The van der Waals surface area contributed by atoms with Crippen LogP contribution in [0.15, 0.2) is 12.4 Å². The molecular formula is C10H16BrN3O2. The number of aryl methyl sites for hydroxylation is 1. The van der Waals surface area contributed by atoms with Crippen molar-refractivity contribution in [1.82, 2.24) is 14.9 Å². The lowest BCUT2D eigenvalue weighted by Crippen LogP contribution is -2.31. The first kappa shape index (κ1) is 13.2. The lowest BCUT2D eigenvalue weighted by Gasteiger charge is -2.10. The second-order valence-corrected chi connectivity index (χ2v) is 4.47. The van der Waals surface area contributed by atoms with E-state index in [1.54, 1.807) is 6.20 Å². The zero-order chi connectivity index (χ0) is 12.0. The number of carbonyl (C=O) groups excluding carboxylic acids is 1. The molecule has 0 saturated carbocycles. The van der Waals surface area contributed by atoms with Gasteiger partial charge in [0.1, 0.15) is 10.7 Å². The van der Waals surface area contributed by atoms with Gasteiger partial charge in [0.05, 0.1) is 7.11 Å². The van der Waals surface area contributed by atoms with Gasteiger partial charge in [-0.05, 0) is 6.92 Å². The van der Waals surface area contributed by atoms with E-state index in [0.29, 0.717) is 6.54 Å². The van der Waals surface area contributed by atoms with Crippen LogP contribution in [0, 0.1) is 6.92 Å². The van der Waals surface area contributed by atoms with Crippen molar-refractivity contribution in [1.29, 1.82) is 0 Å². The van der Waals surface area contributed by atoms with Crippen LogP contribution < -0.4 is 5.32 Å². The predicted octanol–water partition coefficient (Wildman–Crippen LogP) is 0.718. The molecule has 0 bridgehead atoms. The monoisotopic (exact) mass is 289 g/mol. The van der Waals surface area contributed by atoms with Crippen molar-refractivity contribution < 1.29 is 9.53 Å². The molecule has 0 aliphatic rings. The second-order valence-electron chi connectivity index (χ2n) is 3.36.